The summed E-state index contributed by atoms with van der Waals surface area (Å²) in [5, 5.41) is 1.07. The minimum atomic E-state index is -0.333. The number of carbonyl (C=O) groups is 2. The molecule has 3 rings (SSSR count). The Hall–Kier alpha value is -2.05. The number of hydrogen-bond donors (Lipinski definition) is 1. The Labute approximate surface area is 149 Å². The Bertz CT molecular complexity index is 786. The van der Waals surface area contributed by atoms with Gasteiger partial charge in [0.2, 0.25) is 0 Å². The lowest BCUT2D eigenvalue weighted by molar-refractivity contribution is 0.102. The molecule has 0 radical (unpaired) electrons. The highest BCUT2D eigenvalue weighted by Crippen LogP contribution is 2.36. The zero-order chi connectivity index (χ0) is 17.3. The maximum absolute atomic E-state index is 12.8. The first kappa shape index (κ1) is 16.8. The van der Waals surface area contributed by atoms with Crippen LogP contribution < -0.4 is 5.73 Å². The summed E-state index contributed by atoms with van der Waals surface area (Å²) >= 11 is 7.24. The second-order valence-electron chi connectivity index (χ2n) is 5.45. The van der Waals surface area contributed by atoms with Gasteiger partial charge < -0.3 is 15.4 Å². The summed E-state index contributed by atoms with van der Waals surface area (Å²) in [5.41, 5.74) is 8.16. The molecular weight excluding hydrogens is 348 g/mol. The minimum Gasteiger partial charge on any atom is -0.450 e. The fraction of sp³-hybridized carbons (Fsp3) is 0.294. The Kier molecular flexibility index (Phi) is 4.78. The van der Waals surface area contributed by atoms with Crippen molar-refractivity contribution in [2.45, 2.75) is 19.9 Å². The van der Waals surface area contributed by atoms with Gasteiger partial charge in [0.1, 0.15) is 0 Å². The van der Waals surface area contributed by atoms with Gasteiger partial charge in [-0.05, 0) is 43.2 Å². The van der Waals surface area contributed by atoms with Crippen molar-refractivity contribution in [1.29, 1.82) is 0 Å². The number of benzene rings is 1. The van der Waals surface area contributed by atoms with E-state index in [0.717, 1.165) is 10.4 Å². The van der Waals surface area contributed by atoms with Crippen molar-refractivity contribution in [3.05, 3.63) is 50.9 Å². The largest absolute Gasteiger partial charge is 0.450 e. The molecule has 0 saturated heterocycles. The van der Waals surface area contributed by atoms with Crippen LogP contribution in [-0.2, 0) is 17.7 Å². The van der Waals surface area contributed by atoms with E-state index in [0.29, 0.717) is 47.3 Å². The molecule has 126 valence electrons. The number of thiophene rings is 1. The van der Waals surface area contributed by atoms with Crippen LogP contribution in [0.4, 0.5) is 9.80 Å². The summed E-state index contributed by atoms with van der Waals surface area (Å²) in [6.07, 6.45) is 0.261. The number of hydrogen-bond acceptors (Lipinski definition) is 5. The van der Waals surface area contributed by atoms with Gasteiger partial charge in [0.05, 0.1) is 23.7 Å². The molecule has 1 amide bonds. The Morgan fingerprint density at radius 3 is 2.71 bits per heavy atom. The number of nitrogens with two attached hydrogens (primary N) is 1. The molecule has 0 fully saturated rings. The number of halogens is 1. The van der Waals surface area contributed by atoms with Crippen molar-refractivity contribution in [3.8, 4) is 0 Å². The SMILES string of the molecule is CCOC(=O)N1CCc2c(sc(N)c2C(=O)c2ccc(Cl)cc2)C1. The number of nitrogen functional groups attached to an aromatic ring is 1. The molecule has 24 heavy (non-hydrogen) atoms. The lowest BCUT2D eigenvalue weighted by Gasteiger charge is -2.26. The van der Waals surface area contributed by atoms with Crippen molar-refractivity contribution in [2.24, 2.45) is 0 Å². The molecule has 2 heterocycles. The fourth-order valence-electron chi connectivity index (χ4n) is 2.79. The van der Waals surface area contributed by atoms with Crippen LogP contribution in [0.2, 0.25) is 5.02 Å². The third kappa shape index (κ3) is 3.12. The Balaban J connectivity index is 1.89. The number of nitrogens with zero attached hydrogens (tertiary/aromatic N) is 1. The molecule has 0 unspecified atom stereocenters. The molecule has 2 N–H and O–H groups in total. The molecule has 0 aliphatic carbocycles. The molecule has 0 spiro atoms. The topological polar surface area (TPSA) is 72.6 Å². The van der Waals surface area contributed by atoms with Gasteiger partial charge in [-0.2, -0.15) is 0 Å². The van der Waals surface area contributed by atoms with Crippen LogP contribution in [0.15, 0.2) is 24.3 Å². The number of anilines is 1. The normalized spacial score (nSPS) is 13.5. The van der Waals surface area contributed by atoms with Crippen LogP contribution in [0, 0.1) is 0 Å². The summed E-state index contributed by atoms with van der Waals surface area (Å²) in [4.78, 5) is 27.3. The maximum atomic E-state index is 12.8. The maximum Gasteiger partial charge on any atom is 0.410 e. The fourth-order valence-corrected chi connectivity index (χ4v) is 4.05. The van der Waals surface area contributed by atoms with E-state index in [1.165, 1.54) is 11.3 Å². The number of ketones is 1. The molecule has 1 aromatic carbocycles. The lowest BCUT2D eigenvalue weighted by Crippen LogP contribution is -2.36. The van der Waals surface area contributed by atoms with E-state index in [2.05, 4.69) is 0 Å². The Morgan fingerprint density at radius 2 is 2.04 bits per heavy atom. The van der Waals surface area contributed by atoms with Gasteiger partial charge >= 0.3 is 6.09 Å². The van der Waals surface area contributed by atoms with Gasteiger partial charge in [-0.15, -0.1) is 11.3 Å². The van der Waals surface area contributed by atoms with Crippen LogP contribution in [0.25, 0.3) is 0 Å². The van der Waals surface area contributed by atoms with E-state index >= 15 is 0 Å². The second-order valence-corrected chi connectivity index (χ2v) is 7.02. The molecule has 1 aliphatic heterocycles. The molecular formula is C17H17ClN2O3S. The van der Waals surface area contributed by atoms with Crippen molar-refractivity contribution < 1.29 is 14.3 Å². The van der Waals surface area contributed by atoms with Crippen molar-refractivity contribution in [1.82, 2.24) is 4.90 Å². The average Bonchev–Trinajstić information content (AvgIpc) is 2.90. The second kappa shape index (κ2) is 6.83. The van der Waals surface area contributed by atoms with Crippen molar-refractivity contribution >= 4 is 39.8 Å². The van der Waals surface area contributed by atoms with E-state index in [1.807, 2.05) is 0 Å². The van der Waals surface area contributed by atoms with Gasteiger partial charge in [0.15, 0.2) is 5.78 Å². The molecule has 7 heteroatoms. The number of amides is 1. The number of fused-ring (bicyclic) bond motifs is 1. The van der Waals surface area contributed by atoms with E-state index in [9.17, 15) is 9.59 Å². The zero-order valence-corrected chi connectivity index (χ0v) is 14.7. The lowest BCUT2D eigenvalue weighted by atomic mass is 9.96. The summed E-state index contributed by atoms with van der Waals surface area (Å²) in [7, 11) is 0. The van der Waals surface area contributed by atoms with E-state index in [-0.39, 0.29) is 11.9 Å². The molecule has 1 aromatic heterocycles. The van der Waals surface area contributed by atoms with Crippen LogP contribution >= 0.6 is 22.9 Å². The number of rotatable bonds is 3. The van der Waals surface area contributed by atoms with Gasteiger partial charge in [-0.25, -0.2) is 4.79 Å². The highest BCUT2D eigenvalue weighted by molar-refractivity contribution is 7.16. The zero-order valence-electron chi connectivity index (χ0n) is 13.2. The van der Waals surface area contributed by atoms with E-state index < -0.39 is 0 Å². The highest BCUT2D eigenvalue weighted by Gasteiger charge is 2.29. The average molecular weight is 365 g/mol. The van der Waals surface area contributed by atoms with Gasteiger partial charge in [-0.1, -0.05) is 11.6 Å². The quantitative estimate of drug-likeness (QED) is 0.842. The van der Waals surface area contributed by atoms with Crippen molar-refractivity contribution in [3.63, 3.8) is 0 Å². The summed E-state index contributed by atoms with van der Waals surface area (Å²) in [6, 6.07) is 6.77. The molecule has 0 atom stereocenters. The van der Waals surface area contributed by atoms with Crippen LogP contribution in [0.1, 0.15) is 33.3 Å². The molecule has 0 bridgehead atoms. The summed E-state index contributed by atoms with van der Waals surface area (Å²) in [5.74, 6) is -0.105. The van der Waals surface area contributed by atoms with E-state index in [4.69, 9.17) is 22.1 Å². The Morgan fingerprint density at radius 1 is 1.33 bits per heavy atom. The molecule has 1 aliphatic rings. The monoisotopic (exact) mass is 364 g/mol. The molecule has 2 aromatic rings. The molecule has 0 saturated carbocycles. The standard InChI is InChI=1S/C17H17ClN2O3S/c1-2-23-17(22)20-8-7-12-13(9-20)24-16(19)14(12)15(21)10-3-5-11(18)6-4-10/h3-6H,2,7-9,19H2,1H3. The predicted octanol–water partition coefficient (Wildman–Crippen LogP) is 3.73. The van der Waals surface area contributed by atoms with Crippen molar-refractivity contribution in [2.75, 3.05) is 18.9 Å². The first-order valence-corrected chi connectivity index (χ1v) is 8.82. The summed E-state index contributed by atoms with van der Waals surface area (Å²) in [6.45, 7) is 3.06. The van der Waals surface area contributed by atoms with Crippen LogP contribution in [0.5, 0.6) is 0 Å². The van der Waals surface area contributed by atoms with Crippen LogP contribution in [-0.4, -0.2) is 29.9 Å². The van der Waals surface area contributed by atoms with Gasteiger partial charge in [0.25, 0.3) is 0 Å². The van der Waals surface area contributed by atoms with E-state index in [1.54, 1.807) is 36.1 Å². The first-order chi connectivity index (χ1) is 11.5. The smallest absolute Gasteiger partial charge is 0.410 e. The third-order valence-electron chi connectivity index (χ3n) is 3.94. The highest BCUT2D eigenvalue weighted by atomic mass is 35.5. The van der Waals surface area contributed by atoms with Crippen LogP contribution in [0.3, 0.4) is 0 Å². The number of carbonyl (C=O) groups excluding carboxylic acids is 2. The van der Waals surface area contributed by atoms with Gasteiger partial charge in [0, 0.05) is 22.0 Å². The first-order valence-electron chi connectivity index (χ1n) is 7.63. The predicted molar refractivity (Wildman–Crippen MR) is 94.8 cm³/mol. The molecule has 5 nitrogen and oxygen atoms in total. The minimum absolute atomic E-state index is 0.105. The van der Waals surface area contributed by atoms with Gasteiger partial charge in [-0.3, -0.25) is 4.79 Å². The number of ether oxygens (including phenoxy) is 1. The third-order valence-corrected chi connectivity index (χ3v) is 5.24. The summed E-state index contributed by atoms with van der Waals surface area (Å²) < 4.78 is 5.04.